The molecule has 0 unspecified atom stereocenters. The Morgan fingerprint density at radius 3 is 1.59 bits per heavy atom. The molecule has 5 aromatic rings. The number of ether oxygens (including phenoxy) is 4. The second-order valence-electron chi connectivity index (χ2n) is 17.2. The fraction of sp³-hybridized carbons (Fsp3) is 0.458. The number of aromatic nitrogens is 3. The molecule has 4 atom stereocenters. The molecular formula is C48H56N4O4. The molecule has 0 radical (unpaired) electrons. The van der Waals surface area contributed by atoms with Crippen LogP contribution in [0.25, 0.3) is 0 Å². The molecule has 0 spiro atoms. The first kappa shape index (κ1) is 37.4. The lowest BCUT2D eigenvalue weighted by atomic mass is 9.49. The SMILES string of the molecule is c1ccc(COC[C@@H]2[C@@H](OCc3ccccc3)[C@H](OCc3ccccc3)[C@@H](OCc3ccccc3)CN2Cc2cn(CC34CC5CC(CC(C5)C3)C4)nn2)cc1. The van der Waals surface area contributed by atoms with Gasteiger partial charge in [-0.15, -0.1) is 5.10 Å². The van der Waals surface area contributed by atoms with Crippen LogP contribution in [0.5, 0.6) is 0 Å². The van der Waals surface area contributed by atoms with Crippen LogP contribution < -0.4 is 0 Å². The summed E-state index contributed by atoms with van der Waals surface area (Å²) in [4.78, 5) is 2.46. The third kappa shape index (κ3) is 9.17. The summed E-state index contributed by atoms with van der Waals surface area (Å²) < 4.78 is 29.6. The number of hydrogen-bond acceptors (Lipinski definition) is 7. The summed E-state index contributed by atoms with van der Waals surface area (Å²) in [6.45, 7) is 4.60. The molecule has 4 saturated carbocycles. The molecule has 1 aliphatic heterocycles. The van der Waals surface area contributed by atoms with Gasteiger partial charge in [0.25, 0.3) is 0 Å². The van der Waals surface area contributed by atoms with Crippen LogP contribution in [0, 0.1) is 23.2 Å². The van der Waals surface area contributed by atoms with E-state index < -0.39 is 0 Å². The van der Waals surface area contributed by atoms with Crippen molar-refractivity contribution in [3.63, 3.8) is 0 Å². The lowest BCUT2D eigenvalue weighted by Crippen LogP contribution is -2.64. The fourth-order valence-electron chi connectivity index (χ4n) is 10.8. The Bertz CT molecular complexity index is 1910. The first-order valence-corrected chi connectivity index (χ1v) is 20.8. The molecule has 4 bridgehead atoms. The zero-order chi connectivity index (χ0) is 37.6. The number of piperidine rings is 1. The predicted octanol–water partition coefficient (Wildman–Crippen LogP) is 8.65. The van der Waals surface area contributed by atoms with Crippen LogP contribution in [0.2, 0.25) is 0 Å². The highest BCUT2D eigenvalue weighted by molar-refractivity contribution is 5.17. The van der Waals surface area contributed by atoms with Crippen LogP contribution >= 0.6 is 0 Å². The van der Waals surface area contributed by atoms with Crippen molar-refractivity contribution in [2.75, 3.05) is 13.2 Å². The Balaban J connectivity index is 1.00. The Morgan fingerprint density at radius 2 is 1.05 bits per heavy atom. The van der Waals surface area contributed by atoms with Gasteiger partial charge in [-0.05, 0) is 83.9 Å². The van der Waals surface area contributed by atoms with Crippen molar-refractivity contribution in [2.24, 2.45) is 23.2 Å². The van der Waals surface area contributed by atoms with E-state index in [4.69, 9.17) is 29.3 Å². The van der Waals surface area contributed by atoms with Crippen molar-refractivity contribution in [2.45, 2.75) is 102 Å². The van der Waals surface area contributed by atoms with Gasteiger partial charge in [-0.2, -0.15) is 0 Å². The standard InChI is InChI=1S/C48H56N4O4/c1-5-13-36(14-6-1)30-53-34-44-46(55-32-38-17-9-3-10-18-38)47(56-33-39-19-11-4-12-20-39)45(54-31-37-15-7-2-8-16-37)29-51(44)27-43-28-52(50-49-43)35-48-24-40-21-41(25-48)23-42(22-40)26-48/h1-20,28,40-42,44-47H,21-27,29-35H2/t40?,41?,42?,44-,45+,46-,47-,48?/m1/s1. The van der Waals surface area contributed by atoms with Gasteiger partial charge in [0, 0.05) is 25.8 Å². The van der Waals surface area contributed by atoms with Crippen molar-refractivity contribution < 1.29 is 18.9 Å². The van der Waals surface area contributed by atoms with Crippen molar-refractivity contribution in [1.82, 2.24) is 19.9 Å². The van der Waals surface area contributed by atoms with Crippen molar-refractivity contribution in [3.05, 3.63) is 155 Å². The number of hydrogen-bond donors (Lipinski definition) is 0. The maximum atomic E-state index is 7.03. The van der Waals surface area contributed by atoms with E-state index in [9.17, 15) is 0 Å². The van der Waals surface area contributed by atoms with Crippen LogP contribution in [0.15, 0.2) is 128 Å². The second-order valence-corrected chi connectivity index (χ2v) is 17.2. The highest BCUT2D eigenvalue weighted by Gasteiger charge is 2.51. The normalized spacial score (nSPS) is 28.5. The van der Waals surface area contributed by atoms with Crippen molar-refractivity contribution >= 4 is 0 Å². The van der Waals surface area contributed by atoms with Gasteiger partial charge in [0.15, 0.2) is 0 Å². The first-order chi connectivity index (χ1) is 27.6. The molecule has 5 aliphatic rings. The molecule has 10 rings (SSSR count). The largest absolute Gasteiger partial charge is 0.375 e. The van der Waals surface area contributed by atoms with Gasteiger partial charge >= 0.3 is 0 Å². The molecule has 1 aromatic heterocycles. The quantitative estimate of drug-likeness (QED) is 0.0942. The Labute approximate surface area is 332 Å². The van der Waals surface area contributed by atoms with Crippen molar-refractivity contribution in [3.8, 4) is 0 Å². The summed E-state index contributed by atoms with van der Waals surface area (Å²) in [5, 5.41) is 9.59. The minimum absolute atomic E-state index is 0.131. The summed E-state index contributed by atoms with van der Waals surface area (Å²) in [6.07, 6.45) is 9.63. The van der Waals surface area contributed by atoms with Gasteiger partial charge in [-0.1, -0.05) is 127 Å². The predicted molar refractivity (Wildman–Crippen MR) is 216 cm³/mol. The summed E-state index contributed by atoms with van der Waals surface area (Å²) in [7, 11) is 0. The molecule has 292 valence electrons. The minimum Gasteiger partial charge on any atom is -0.375 e. The number of benzene rings is 4. The molecule has 8 heteroatoms. The highest BCUT2D eigenvalue weighted by atomic mass is 16.6. The molecule has 8 nitrogen and oxygen atoms in total. The second kappa shape index (κ2) is 17.5. The van der Waals surface area contributed by atoms with E-state index in [2.05, 4.69) is 113 Å². The zero-order valence-corrected chi connectivity index (χ0v) is 32.5. The van der Waals surface area contributed by atoms with Gasteiger partial charge in [0.05, 0.1) is 50.9 Å². The van der Waals surface area contributed by atoms with E-state index in [1.165, 1.54) is 38.5 Å². The smallest absolute Gasteiger partial charge is 0.113 e. The maximum Gasteiger partial charge on any atom is 0.113 e. The highest BCUT2D eigenvalue weighted by Crippen LogP contribution is 2.60. The monoisotopic (exact) mass is 752 g/mol. The molecule has 4 aromatic carbocycles. The van der Waals surface area contributed by atoms with Crippen LogP contribution in [-0.4, -0.2) is 57.4 Å². The van der Waals surface area contributed by atoms with Crippen molar-refractivity contribution in [1.29, 1.82) is 0 Å². The van der Waals surface area contributed by atoms with E-state index in [1.54, 1.807) is 0 Å². The third-order valence-corrected chi connectivity index (χ3v) is 12.8. The molecule has 4 aliphatic carbocycles. The van der Waals surface area contributed by atoms with Crippen LogP contribution in [0.4, 0.5) is 0 Å². The molecule has 0 N–H and O–H groups in total. The van der Waals surface area contributed by atoms with E-state index >= 15 is 0 Å². The topological polar surface area (TPSA) is 70.9 Å². The van der Waals surface area contributed by atoms with E-state index in [0.29, 0.717) is 51.5 Å². The molecule has 2 heterocycles. The van der Waals surface area contributed by atoms with E-state index in [-0.39, 0.29) is 24.4 Å². The van der Waals surface area contributed by atoms with E-state index in [1.807, 2.05) is 24.3 Å². The summed E-state index contributed by atoms with van der Waals surface area (Å²) >= 11 is 0. The lowest BCUT2D eigenvalue weighted by molar-refractivity contribution is -0.212. The zero-order valence-electron chi connectivity index (χ0n) is 32.5. The molecule has 5 fully saturated rings. The van der Waals surface area contributed by atoms with Gasteiger partial charge in [-0.3, -0.25) is 9.58 Å². The van der Waals surface area contributed by atoms with Gasteiger partial charge in [0.2, 0.25) is 0 Å². The lowest BCUT2D eigenvalue weighted by Gasteiger charge is -2.56. The van der Waals surface area contributed by atoms with Gasteiger partial charge in [0.1, 0.15) is 12.2 Å². The average molecular weight is 753 g/mol. The minimum atomic E-state index is -0.355. The summed E-state index contributed by atoms with van der Waals surface area (Å²) in [6, 6.07) is 41.5. The molecule has 0 amide bonds. The maximum absolute atomic E-state index is 7.03. The molecular weight excluding hydrogens is 697 g/mol. The average Bonchev–Trinajstić information content (AvgIpc) is 3.66. The Morgan fingerprint density at radius 1 is 0.571 bits per heavy atom. The van der Waals surface area contributed by atoms with Crippen LogP contribution in [0.3, 0.4) is 0 Å². The fourth-order valence-corrected chi connectivity index (χ4v) is 10.8. The van der Waals surface area contributed by atoms with E-state index in [0.717, 1.165) is 52.2 Å². The van der Waals surface area contributed by atoms with Crippen LogP contribution in [0.1, 0.15) is 66.5 Å². The Kier molecular flexibility index (Phi) is 11.7. The number of nitrogens with zero attached hydrogens (tertiary/aromatic N) is 4. The molecule has 1 saturated heterocycles. The Hall–Kier alpha value is -4.18. The first-order valence-electron chi connectivity index (χ1n) is 20.8. The number of rotatable bonds is 17. The summed E-state index contributed by atoms with van der Waals surface area (Å²) in [5.74, 6) is 2.73. The third-order valence-electron chi connectivity index (χ3n) is 12.8. The van der Waals surface area contributed by atoms with Crippen LogP contribution in [-0.2, 0) is 58.5 Å². The molecule has 56 heavy (non-hydrogen) atoms. The number of likely N-dealkylation sites (tertiary alicyclic amines) is 1. The van der Waals surface area contributed by atoms with Gasteiger partial charge < -0.3 is 18.9 Å². The van der Waals surface area contributed by atoms with Gasteiger partial charge in [-0.25, -0.2) is 0 Å². The summed E-state index contributed by atoms with van der Waals surface area (Å²) in [5.41, 5.74) is 5.86.